The standard InChI is InChI=1S/C14H24ClN3O/c1-3-14(7-5-4-6-8-16-14)13-12(15)11-17-18(13)9-10-19-2/h11,16H,3-10H2,1-2H3. The quantitative estimate of drug-likeness (QED) is 0.904. The van der Waals surface area contributed by atoms with Crippen LogP contribution in [-0.2, 0) is 16.8 Å². The molecule has 0 radical (unpaired) electrons. The second-order valence-electron chi connectivity index (χ2n) is 5.23. The molecule has 108 valence electrons. The zero-order valence-electron chi connectivity index (χ0n) is 11.9. The van der Waals surface area contributed by atoms with E-state index in [2.05, 4.69) is 17.3 Å². The number of halogens is 1. The van der Waals surface area contributed by atoms with Crippen molar-refractivity contribution in [1.29, 1.82) is 0 Å². The van der Waals surface area contributed by atoms with Crippen LogP contribution in [0.2, 0.25) is 5.02 Å². The van der Waals surface area contributed by atoms with Crippen molar-refractivity contribution in [3.63, 3.8) is 0 Å². The molecule has 0 aliphatic carbocycles. The van der Waals surface area contributed by atoms with E-state index in [9.17, 15) is 0 Å². The molecular weight excluding hydrogens is 262 g/mol. The summed E-state index contributed by atoms with van der Waals surface area (Å²) >= 11 is 6.41. The number of nitrogens with one attached hydrogen (secondary N) is 1. The van der Waals surface area contributed by atoms with Gasteiger partial charge in [0, 0.05) is 7.11 Å². The fourth-order valence-corrected chi connectivity index (χ4v) is 3.32. The molecule has 1 unspecified atom stereocenters. The predicted molar refractivity (Wildman–Crippen MR) is 77.6 cm³/mol. The second kappa shape index (κ2) is 6.73. The van der Waals surface area contributed by atoms with E-state index in [1.807, 2.05) is 4.68 Å². The molecule has 2 heterocycles. The highest BCUT2D eigenvalue weighted by molar-refractivity contribution is 6.31. The van der Waals surface area contributed by atoms with Crippen LogP contribution in [0.15, 0.2) is 6.20 Å². The van der Waals surface area contributed by atoms with E-state index in [4.69, 9.17) is 16.3 Å². The molecule has 19 heavy (non-hydrogen) atoms. The summed E-state index contributed by atoms with van der Waals surface area (Å²) in [6.07, 6.45) is 7.70. The monoisotopic (exact) mass is 285 g/mol. The number of methoxy groups -OCH3 is 1. The molecule has 0 aromatic carbocycles. The average molecular weight is 286 g/mol. The first-order chi connectivity index (χ1) is 9.23. The summed E-state index contributed by atoms with van der Waals surface area (Å²) < 4.78 is 7.17. The number of ether oxygens (including phenoxy) is 1. The van der Waals surface area contributed by atoms with Crippen LogP contribution in [0.5, 0.6) is 0 Å². The lowest BCUT2D eigenvalue weighted by Crippen LogP contribution is -2.43. The third kappa shape index (κ3) is 3.12. The fourth-order valence-electron chi connectivity index (χ4n) is 3.00. The Bertz CT molecular complexity index is 397. The fraction of sp³-hybridized carbons (Fsp3) is 0.786. The highest BCUT2D eigenvalue weighted by Gasteiger charge is 2.35. The maximum absolute atomic E-state index is 6.41. The van der Waals surface area contributed by atoms with Gasteiger partial charge in [0.15, 0.2) is 0 Å². The maximum Gasteiger partial charge on any atom is 0.0837 e. The summed E-state index contributed by atoms with van der Waals surface area (Å²) in [7, 11) is 1.71. The summed E-state index contributed by atoms with van der Waals surface area (Å²) in [6.45, 7) is 4.69. The van der Waals surface area contributed by atoms with Gasteiger partial charge in [-0.25, -0.2) is 0 Å². The molecule has 1 fully saturated rings. The highest BCUT2D eigenvalue weighted by atomic mass is 35.5. The zero-order chi connectivity index (χ0) is 13.7. The van der Waals surface area contributed by atoms with Gasteiger partial charge < -0.3 is 10.1 Å². The van der Waals surface area contributed by atoms with Crippen LogP contribution in [0.25, 0.3) is 0 Å². The molecule has 1 N–H and O–H groups in total. The summed E-state index contributed by atoms with van der Waals surface area (Å²) in [6, 6.07) is 0. The molecule has 0 saturated carbocycles. The van der Waals surface area contributed by atoms with Crippen LogP contribution in [0.3, 0.4) is 0 Å². The number of hydrogen-bond donors (Lipinski definition) is 1. The summed E-state index contributed by atoms with van der Waals surface area (Å²) in [5.74, 6) is 0. The van der Waals surface area contributed by atoms with Gasteiger partial charge in [-0.05, 0) is 25.8 Å². The molecule has 2 rings (SSSR count). The minimum atomic E-state index is -0.0299. The lowest BCUT2D eigenvalue weighted by atomic mass is 9.87. The molecule has 1 saturated heterocycles. The van der Waals surface area contributed by atoms with Gasteiger partial charge >= 0.3 is 0 Å². The largest absolute Gasteiger partial charge is 0.383 e. The Hall–Kier alpha value is -0.580. The van der Waals surface area contributed by atoms with E-state index in [0.717, 1.165) is 36.6 Å². The van der Waals surface area contributed by atoms with Crippen molar-refractivity contribution in [2.75, 3.05) is 20.3 Å². The van der Waals surface area contributed by atoms with Crippen LogP contribution in [0.4, 0.5) is 0 Å². The van der Waals surface area contributed by atoms with E-state index < -0.39 is 0 Å². The Morgan fingerprint density at radius 1 is 1.47 bits per heavy atom. The Morgan fingerprint density at radius 3 is 3.05 bits per heavy atom. The number of rotatable bonds is 5. The number of nitrogens with zero attached hydrogens (tertiary/aromatic N) is 2. The molecule has 0 amide bonds. The summed E-state index contributed by atoms with van der Waals surface area (Å²) in [5.41, 5.74) is 1.10. The van der Waals surface area contributed by atoms with E-state index >= 15 is 0 Å². The summed E-state index contributed by atoms with van der Waals surface area (Å²) in [4.78, 5) is 0. The normalized spacial score (nSPS) is 24.4. The molecule has 5 heteroatoms. The van der Waals surface area contributed by atoms with Gasteiger partial charge in [-0.1, -0.05) is 31.4 Å². The third-order valence-electron chi connectivity index (χ3n) is 4.10. The van der Waals surface area contributed by atoms with Gasteiger partial charge in [0.05, 0.1) is 35.6 Å². The summed E-state index contributed by atoms with van der Waals surface area (Å²) in [5, 5.41) is 8.91. The number of aromatic nitrogens is 2. The first-order valence-electron chi connectivity index (χ1n) is 7.19. The SMILES string of the molecule is CCC1(c2c(Cl)cnn2CCOC)CCCCCN1. The van der Waals surface area contributed by atoms with Gasteiger partial charge in [-0.2, -0.15) is 5.10 Å². The molecule has 1 aliphatic heterocycles. The van der Waals surface area contributed by atoms with Gasteiger partial charge in [-0.3, -0.25) is 4.68 Å². The van der Waals surface area contributed by atoms with Crippen LogP contribution in [0, 0.1) is 0 Å². The van der Waals surface area contributed by atoms with Crippen molar-refractivity contribution in [2.45, 2.75) is 51.1 Å². The molecule has 0 bridgehead atoms. The highest BCUT2D eigenvalue weighted by Crippen LogP contribution is 2.36. The molecule has 1 aromatic heterocycles. The van der Waals surface area contributed by atoms with Crippen molar-refractivity contribution < 1.29 is 4.74 Å². The molecular formula is C14H24ClN3O. The Morgan fingerprint density at radius 2 is 2.32 bits per heavy atom. The zero-order valence-corrected chi connectivity index (χ0v) is 12.7. The van der Waals surface area contributed by atoms with Crippen LogP contribution >= 0.6 is 11.6 Å². The van der Waals surface area contributed by atoms with E-state index in [1.165, 1.54) is 19.3 Å². The maximum atomic E-state index is 6.41. The van der Waals surface area contributed by atoms with Gasteiger partial charge in [0.25, 0.3) is 0 Å². The van der Waals surface area contributed by atoms with Crippen molar-refractivity contribution >= 4 is 11.6 Å². The van der Waals surface area contributed by atoms with Crippen molar-refractivity contribution in [2.24, 2.45) is 0 Å². The van der Waals surface area contributed by atoms with E-state index in [-0.39, 0.29) is 5.54 Å². The molecule has 4 nitrogen and oxygen atoms in total. The molecule has 1 aliphatic rings. The first-order valence-corrected chi connectivity index (χ1v) is 7.57. The lowest BCUT2D eigenvalue weighted by molar-refractivity contribution is 0.177. The topological polar surface area (TPSA) is 39.1 Å². The molecule has 0 spiro atoms. The Balaban J connectivity index is 2.32. The van der Waals surface area contributed by atoms with Crippen LogP contribution in [0.1, 0.15) is 44.7 Å². The van der Waals surface area contributed by atoms with Gasteiger partial charge in [0.1, 0.15) is 0 Å². The minimum Gasteiger partial charge on any atom is -0.383 e. The predicted octanol–water partition coefficient (Wildman–Crippen LogP) is 2.95. The Kier molecular flexibility index (Phi) is 5.25. The van der Waals surface area contributed by atoms with Crippen LogP contribution in [-0.4, -0.2) is 30.0 Å². The van der Waals surface area contributed by atoms with Crippen molar-refractivity contribution in [3.05, 3.63) is 16.9 Å². The van der Waals surface area contributed by atoms with E-state index in [1.54, 1.807) is 13.3 Å². The van der Waals surface area contributed by atoms with Crippen LogP contribution < -0.4 is 5.32 Å². The van der Waals surface area contributed by atoms with E-state index in [0.29, 0.717) is 6.61 Å². The second-order valence-corrected chi connectivity index (χ2v) is 5.64. The lowest BCUT2D eigenvalue weighted by Gasteiger charge is -2.34. The number of hydrogen-bond acceptors (Lipinski definition) is 3. The van der Waals surface area contributed by atoms with Gasteiger partial charge in [-0.15, -0.1) is 0 Å². The van der Waals surface area contributed by atoms with Crippen molar-refractivity contribution in [1.82, 2.24) is 15.1 Å². The molecule has 1 atom stereocenters. The molecule has 1 aromatic rings. The van der Waals surface area contributed by atoms with Gasteiger partial charge in [0.2, 0.25) is 0 Å². The third-order valence-corrected chi connectivity index (χ3v) is 4.38. The minimum absolute atomic E-state index is 0.0299. The average Bonchev–Trinajstić information content (AvgIpc) is 2.66. The first kappa shape index (κ1) is 14.8. The Labute approximate surface area is 120 Å². The smallest absolute Gasteiger partial charge is 0.0837 e. The van der Waals surface area contributed by atoms with Crippen molar-refractivity contribution in [3.8, 4) is 0 Å².